The standard InChI is InChI=1S/C12H9NO3S2/c1-16-11(14)8-5-3-2-4-7(8)6-9-10(17)13-12(15)18-9/h2-6H,1H3,(H,13,15,17)/b9-6+. The van der Waals surface area contributed by atoms with Crippen LogP contribution in [-0.4, -0.2) is 23.3 Å². The van der Waals surface area contributed by atoms with Crippen molar-refractivity contribution >= 4 is 46.3 Å². The molecule has 1 aliphatic heterocycles. The Kier molecular flexibility index (Phi) is 3.78. The van der Waals surface area contributed by atoms with Crippen LogP contribution in [0, 0.1) is 0 Å². The first-order valence-electron chi connectivity index (χ1n) is 5.04. The molecule has 6 heteroatoms. The fourth-order valence-electron chi connectivity index (χ4n) is 1.48. The van der Waals surface area contributed by atoms with Gasteiger partial charge in [0.15, 0.2) is 0 Å². The van der Waals surface area contributed by atoms with Crippen LogP contribution in [0.25, 0.3) is 6.08 Å². The van der Waals surface area contributed by atoms with E-state index in [0.717, 1.165) is 11.8 Å². The molecule has 0 spiro atoms. The van der Waals surface area contributed by atoms with Crippen LogP contribution >= 0.6 is 24.0 Å². The molecule has 0 aliphatic carbocycles. The Bertz CT molecular complexity index is 566. The summed E-state index contributed by atoms with van der Waals surface area (Å²) in [6, 6.07) is 6.98. The van der Waals surface area contributed by atoms with Crippen LogP contribution < -0.4 is 5.32 Å². The zero-order valence-electron chi connectivity index (χ0n) is 9.43. The zero-order chi connectivity index (χ0) is 13.1. The molecule has 2 rings (SSSR count). The maximum Gasteiger partial charge on any atom is 0.338 e. The lowest BCUT2D eigenvalue weighted by Gasteiger charge is -2.04. The van der Waals surface area contributed by atoms with Crippen molar-refractivity contribution in [1.82, 2.24) is 5.32 Å². The fourth-order valence-corrected chi connectivity index (χ4v) is 2.50. The smallest absolute Gasteiger partial charge is 0.338 e. The van der Waals surface area contributed by atoms with Crippen LogP contribution in [-0.2, 0) is 4.74 Å². The highest BCUT2D eigenvalue weighted by Crippen LogP contribution is 2.27. The number of methoxy groups -OCH3 is 1. The predicted octanol–water partition coefficient (Wildman–Crippen LogP) is 2.60. The second-order valence-electron chi connectivity index (χ2n) is 3.43. The van der Waals surface area contributed by atoms with Gasteiger partial charge in [0, 0.05) is 0 Å². The number of thioether (sulfide) groups is 1. The van der Waals surface area contributed by atoms with Gasteiger partial charge in [0.1, 0.15) is 4.99 Å². The van der Waals surface area contributed by atoms with Crippen LogP contribution in [0.2, 0.25) is 0 Å². The Balaban J connectivity index is 2.40. The number of amides is 1. The van der Waals surface area contributed by atoms with Crippen LogP contribution in [0.4, 0.5) is 4.79 Å². The van der Waals surface area contributed by atoms with Crippen molar-refractivity contribution in [3.8, 4) is 0 Å². The summed E-state index contributed by atoms with van der Waals surface area (Å²) < 4.78 is 4.70. The van der Waals surface area contributed by atoms with Crippen molar-refractivity contribution in [2.45, 2.75) is 0 Å². The Hall–Kier alpha value is -1.66. The summed E-state index contributed by atoms with van der Waals surface area (Å²) in [4.78, 5) is 23.8. The molecule has 0 aromatic heterocycles. The fraction of sp³-hybridized carbons (Fsp3) is 0.0833. The number of esters is 1. The number of thiocarbonyl (C=S) groups is 1. The molecule has 0 radical (unpaired) electrons. The number of ether oxygens (including phenoxy) is 1. The molecule has 0 atom stereocenters. The van der Waals surface area contributed by atoms with Crippen molar-refractivity contribution in [3.63, 3.8) is 0 Å². The highest BCUT2D eigenvalue weighted by molar-refractivity contribution is 8.19. The summed E-state index contributed by atoms with van der Waals surface area (Å²) in [7, 11) is 1.33. The number of benzene rings is 1. The molecular formula is C12H9NO3S2. The zero-order valence-corrected chi connectivity index (χ0v) is 11.1. The van der Waals surface area contributed by atoms with Crippen LogP contribution in [0.5, 0.6) is 0 Å². The largest absolute Gasteiger partial charge is 0.465 e. The lowest BCUT2D eigenvalue weighted by Crippen LogP contribution is -2.16. The van der Waals surface area contributed by atoms with Crippen LogP contribution in [0.15, 0.2) is 29.2 Å². The first-order valence-corrected chi connectivity index (χ1v) is 6.26. The minimum absolute atomic E-state index is 0.207. The van der Waals surface area contributed by atoms with E-state index < -0.39 is 5.97 Å². The molecule has 1 aliphatic rings. The molecule has 1 fully saturated rings. The molecule has 1 saturated heterocycles. The number of carbonyl (C=O) groups excluding carboxylic acids is 2. The maximum atomic E-state index is 11.6. The van der Waals surface area contributed by atoms with Crippen molar-refractivity contribution in [2.24, 2.45) is 0 Å². The number of carbonyl (C=O) groups is 2. The van der Waals surface area contributed by atoms with Crippen LogP contribution in [0.1, 0.15) is 15.9 Å². The van der Waals surface area contributed by atoms with E-state index in [1.807, 2.05) is 0 Å². The second kappa shape index (κ2) is 5.32. The van der Waals surface area contributed by atoms with Gasteiger partial charge in [-0.1, -0.05) is 30.4 Å². The summed E-state index contributed by atoms with van der Waals surface area (Å²) in [6.07, 6.45) is 1.71. The Morgan fingerprint density at radius 3 is 2.78 bits per heavy atom. The van der Waals surface area contributed by atoms with Crippen LogP contribution in [0.3, 0.4) is 0 Å². The van der Waals surface area contributed by atoms with Crippen molar-refractivity contribution in [2.75, 3.05) is 7.11 Å². The van der Waals surface area contributed by atoms with E-state index in [0.29, 0.717) is 21.0 Å². The Labute approximate surface area is 113 Å². The van der Waals surface area contributed by atoms with Gasteiger partial charge < -0.3 is 10.1 Å². The Morgan fingerprint density at radius 1 is 1.44 bits per heavy atom. The molecular weight excluding hydrogens is 270 g/mol. The minimum Gasteiger partial charge on any atom is -0.465 e. The van der Waals surface area contributed by atoms with Gasteiger partial charge in [-0.15, -0.1) is 0 Å². The molecule has 18 heavy (non-hydrogen) atoms. The maximum absolute atomic E-state index is 11.6. The van der Waals surface area contributed by atoms with E-state index in [1.165, 1.54) is 7.11 Å². The van der Waals surface area contributed by atoms with E-state index in [1.54, 1.807) is 30.3 Å². The first kappa shape index (κ1) is 12.8. The van der Waals surface area contributed by atoms with E-state index in [2.05, 4.69) is 5.32 Å². The third-order valence-corrected chi connectivity index (χ3v) is 3.58. The third-order valence-electron chi connectivity index (χ3n) is 2.29. The van der Waals surface area contributed by atoms with Gasteiger partial charge in [0.25, 0.3) is 5.24 Å². The third kappa shape index (κ3) is 2.60. The summed E-state index contributed by atoms with van der Waals surface area (Å²) in [5, 5.41) is 2.31. The van der Waals surface area contributed by atoms with E-state index in [9.17, 15) is 9.59 Å². The lowest BCUT2D eigenvalue weighted by atomic mass is 10.1. The first-order chi connectivity index (χ1) is 8.61. The van der Waals surface area contributed by atoms with Crippen molar-refractivity contribution < 1.29 is 14.3 Å². The van der Waals surface area contributed by atoms with Gasteiger partial charge in [-0.25, -0.2) is 4.79 Å². The van der Waals surface area contributed by atoms with E-state index in [-0.39, 0.29) is 5.24 Å². The molecule has 1 heterocycles. The van der Waals surface area contributed by atoms with E-state index >= 15 is 0 Å². The molecule has 0 unspecified atom stereocenters. The topological polar surface area (TPSA) is 55.4 Å². The molecule has 0 bridgehead atoms. The number of hydrogen-bond acceptors (Lipinski definition) is 5. The quantitative estimate of drug-likeness (QED) is 0.512. The summed E-state index contributed by atoms with van der Waals surface area (Å²) >= 11 is 6.03. The van der Waals surface area contributed by atoms with Crippen molar-refractivity contribution in [3.05, 3.63) is 40.3 Å². The summed E-state index contributed by atoms with van der Waals surface area (Å²) in [5.74, 6) is -0.421. The van der Waals surface area contributed by atoms with Crippen molar-refractivity contribution in [1.29, 1.82) is 0 Å². The number of nitrogens with one attached hydrogen (secondary N) is 1. The molecule has 92 valence electrons. The molecule has 0 saturated carbocycles. The summed E-state index contributed by atoms with van der Waals surface area (Å²) in [5.41, 5.74) is 1.11. The summed E-state index contributed by atoms with van der Waals surface area (Å²) in [6.45, 7) is 0. The molecule has 1 amide bonds. The Morgan fingerprint density at radius 2 is 2.17 bits per heavy atom. The molecule has 4 nitrogen and oxygen atoms in total. The average Bonchev–Trinajstić information content (AvgIpc) is 2.67. The second-order valence-corrected chi connectivity index (χ2v) is 4.85. The number of hydrogen-bond donors (Lipinski definition) is 1. The lowest BCUT2D eigenvalue weighted by molar-refractivity contribution is 0.0600. The van der Waals surface area contributed by atoms with Gasteiger partial charge >= 0.3 is 5.97 Å². The predicted molar refractivity (Wildman–Crippen MR) is 74.5 cm³/mol. The van der Waals surface area contributed by atoms with Gasteiger partial charge in [-0.3, -0.25) is 4.79 Å². The molecule has 1 aromatic carbocycles. The molecule has 1 N–H and O–H groups in total. The van der Waals surface area contributed by atoms with Gasteiger partial charge in [0.2, 0.25) is 0 Å². The SMILES string of the molecule is COC(=O)c1ccccc1/C=C1/SC(=O)NC1=S. The highest BCUT2D eigenvalue weighted by atomic mass is 32.2. The molecule has 1 aromatic rings. The average molecular weight is 279 g/mol. The monoisotopic (exact) mass is 279 g/mol. The highest BCUT2D eigenvalue weighted by Gasteiger charge is 2.22. The minimum atomic E-state index is -0.421. The number of rotatable bonds is 2. The van der Waals surface area contributed by atoms with Gasteiger partial charge in [-0.05, 0) is 29.5 Å². The van der Waals surface area contributed by atoms with Gasteiger partial charge in [0.05, 0.1) is 17.6 Å². The van der Waals surface area contributed by atoms with Gasteiger partial charge in [-0.2, -0.15) is 0 Å². The van der Waals surface area contributed by atoms with E-state index in [4.69, 9.17) is 17.0 Å². The normalized spacial score (nSPS) is 16.8.